The summed E-state index contributed by atoms with van der Waals surface area (Å²) in [6.45, 7) is 7.60. The van der Waals surface area contributed by atoms with Crippen LogP contribution in [0, 0.1) is 40.9 Å². The average molecular weight is 337 g/mol. The number of carbonyl (C=O) groups excluding carboxylic acids is 2. The number of carbonyl (C=O) groups is 2. The molecule has 0 heterocycles. The summed E-state index contributed by atoms with van der Waals surface area (Å²) in [6.07, 6.45) is 10.6. The first kappa shape index (κ1) is 18.7. The number of nitrogens with zero attached hydrogens (tertiary/aromatic N) is 1. The van der Waals surface area contributed by atoms with Crippen LogP contribution in [0.15, 0.2) is 34.9 Å². The van der Waals surface area contributed by atoms with Gasteiger partial charge in [0.05, 0.1) is 18.4 Å². The number of allylic oxidation sites excluding steroid dienone is 5. The zero-order chi connectivity index (χ0) is 18.8. The molecule has 25 heavy (non-hydrogen) atoms. The Hall–Kier alpha value is -2.59. The fourth-order valence-electron chi connectivity index (χ4n) is 3.48. The summed E-state index contributed by atoms with van der Waals surface area (Å²) >= 11 is 0. The number of hydrogen-bond acceptors (Lipinski definition) is 4. The van der Waals surface area contributed by atoms with Gasteiger partial charge in [0.1, 0.15) is 6.10 Å². The molecule has 0 unspecified atom stereocenters. The first-order valence-corrected chi connectivity index (χ1v) is 8.39. The molecule has 0 aliphatic heterocycles. The van der Waals surface area contributed by atoms with Crippen LogP contribution in [0.3, 0.4) is 0 Å². The SMILES string of the molecule is C#CCC1=C(C)[C@@H](OC(=O)[C@@H]2[C@@H](C=C(C#N)C=CC)C2(C)C)CC1=O. The lowest BCUT2D eigenvalue weighted by Gasteiger charge is -2.13. The first-order valence-electron chi connectivity index (χ1n) is 8.39. The molecule has 2 rings (SSSR count). The Labute approximate surface area is 149 Å². The van der Waals surface area contributed by atoms with Crippen molar-refractivity contribution in [2.24, 2.45) is 17.3 Å². The molecule has 3 atom stereocenters. The van der Waals surface area contributed by atoms with Crippen molar-refractivity contribution in [3.63, 3.8) is 0 Å². The van der Waals surface area contributed by atoms with E-state index in [0.717, 1.165) is 5.57 Å². The lowest BCUT2D eigenvalue weighted by atomic mass is 10.1. The van der Waals surface area contributed by atoms with Gasteiger partial charge >= 0.3 is 5.97 Å². The summed E-state index contributed by atoms with van der Waals surface area (Å²) in [5.74, 6) is 1.77. The van der Waals surface area contributed by atoms with E-state index in [9.17, 15) is 9.59 Å². The molecule has 0 radical (unpaired) electrons. The summed E-state index contributed by atoms with van der Waals surface area (Å²) < 4.78 is 5.62. The highest BCUT2D eigenvalue weighted by Gasteiger charge is 2.62. The second kappa shape index (κ2) is 7.11. The highest BCUT2D eigenvalue weighted by atomic mass is 16.5. The van der Waals surface area contributed by atoms with Crippen LogP contribution in [0.2, 0.25) is 0 Å². The van der Waals surface area contributed by atoms with Gasteiger partial charge in [-0.1, -0.05) is 26.0 Å². The second-order valence-electron chi connectivity index (χ2n) is 7.15. The molecule has 0 spiro atoms. The predicted molar refractivity (Wildman–Crippen MR) is 94.9 cm³/mol. The smallest absolute Gasteiger partial charge is 0.310 e. The molecule has 130 valence electrons. The minimum absolute atomic E-state index is 0.0420. The van der Waals surface area contributed by atoms with Crippen LogP contribution in [0.5, 0.6) is 0 Å². The van der Waals surface area contributed by atoms with Gasteiger partial charge in [0, 0.05) is 17.6 Å². The van der Waals surface area contributed by atoms with Crippen molar-refractivity contribution < 1.29 is 14.3 Å². The molecule has 0 saturated heterocycles. The van der Waals surface area contributed by atoms with Gasteiger partial charge in [-0.05, 0) is 36.8 Å². The van der Waals surface area contributed by atoms with Crippen molar-refractivity contribution in [3.05, 3.63) is 34.9 Å². The molecule has 0 bridgehead atoms. The van der Waals surface area contributed by atoms with Gasteiger partial charge in [-0.2, -0.15) is 5.26 Å². The monoisotopic (exact) mass is 337 g/mol. The molecule has 0 N–H and O–H groups in total. The number of nitriles is 1. The van der Waals surface area contributed by atoms with E-state index in [1.807, 2.05) is 26.8 Å². The molecule has 1 fully saturated rings. The Morgan fingerprint density at radius 2 is 2.16 bits per heavy atom. The van der Waals surface area contributed by atoms with E-state index in [-0.39, 0.29) is 41.8 Å². The molecule has 1 saturated carbocycles. The second-order valence-corrected chi connectivity index (χ2v) is 7.15. The Balaban J connectivity index is 2.11. The van der Waals surface area contributed by atoms with Crippen molar-refractivity contribution >= 4 is 11.8 Å². The van der Waals surface area contributed by atoms with Crippen molar-refractivity contribution in [1.29, 1.82) is 5.26 Å². The van der Waals surface area contributed by atoms with E-state index in [0.29, 0.717) is 11.1 Å². The van der Waals surface area contributed by atoms with Crippen molar-refractivity contribution in [1.82, 2.24) is 0 Å². The summed E-state index contributed by atoms with van der Waals surface area (Å²) in [5, 5.41) is 9.16. The van der Waals surface area contributed by atoms with Crippen LogP contribution in [0.4, 0.5) is 0 Å². The van der Waals surface area contributed by atoms with E-state index in [2.05, 4.69) is 12.0 Å². The Bertz CT molecular complexity index is 768. The Kier molecular flexibility index (Phi) is 5.33. The molecule has 2 aliphatic rings. The Morgan fingerprint density at radius 1 is 1.48 bits per heavy atom. The van der Waals surface area contributed by atoms with E-state index in [1.54, 1.807) is 19.1 Å². The average Bonchev–Trinajstić information content (AvgIpc) is 3.00. The summed E-state index contributed by atoms with van der Waals surface area (Å²) in [4.78, 5) is 24.6. The molecule has 0 amide bonds. The molecule has 0 aromatic rings. The third-order valence-electron chi connectivity index (χ3n) is 5.20. The fraction of sp³-hybridized carbons (Fsp3) is 0.476. The summed E-state index contributed by atoms with van der Waals surface area (Å²) in [5.41, 5.74) is 1.63. The number of Topliss-reactive ketones (excluding diaryl/α,β-unsaturated/α-hetero) is 1. The van der Waals surface area contributed by atoms with Gasteiger partial charge in [-0.15, -0.1) is 12.3 Å². The van der Waals surface area contributed by atoms with Crippen molar-refractivity contribution in [2.45, 2.75) is 46.6 Å². The number of ketones is 1. The third-order valence-corrected chi connectivity index (χ3v) is 5.20. The maximum atomic E-state index is 12.6. The minimum Gasteiger partial charge on any atom is -0.457 e. The highest BCUT2D eigenvalue weighted by Crippen LogP contribution is 2.60. The maximum absolute atomic E-state index is 12.6. The van der Waals surface area contributed by atoms with Crippen LogP contribution >= 0.6 is 0 Å². The van der Waals surface area contributed by atoms with Crippen LogP contribution < -0.4 is 0 Å². The topological polar surface area (TPSA) is 67.2 Å². The van der Waals surface area contributed by atoms with E-state index in [4.69, 9.17) is 16.4 Å². The van der Waals surface area contributed by atoms with Gasteiger partial charge in [-0.3, -0.25) is 9.59 Å². The zero-order valence-corrected chi connectivity index (χ0v) is 15.1. The number of hydrogen-bond donors (Lipinski definition) is 0. The normalized spacial score (nSPS) is 28.0. The summed E-state index contributed by atoms with van der Waals surface area (Å²) in [6, 6.07) is 2.13. The predicted octanol–water partition coefficient (Wildman–Crippen LogP) is 3.51. The molecule has 2 aliphatic carbocycles. The van der Waals surface area contributed by atoms with E-state index in [1.165, 1.54) is 0 Å². The van der Waals surface area contributed by atoms with Crippen LogP contribution in [0.1, 0.15) is 40.5 Å². The van der Waals surface area contributed by atoms with Gasteiger partial charge < -0.3 is 4.74 Å². The van der Waals surface area contributed by atoms with Gasteiger partial charge in [-0.25, -0.2) is 0 Å². The van der Waals surface area contributed by atoms with Crippen LogP contribution in [-0.2, 0) is 14.3 Å². The van der Waals surface area contributed by atoms with E-state index < -0.39 is 6.10 Å². The van der Waals surface area contributed by atoms with Gasteiger partial charge in [0.25, 0.3) is 0 Å². The molecule has 0 aromatic carbocycles. The molecule has 0 aromatic heterocycles. The van der Waals surface area contributed by atoms with Gasteiger partial charge in [0.15, 0.2) is 5.78 Å². The van der Waals surface area contributed by atoms with Crippen molar-refractivity contribution in [3.8, 4) is 18.4 Å². The third kappa shape index (κ3) is 3.59. The lowest BCUT2D eigenvalue weighted by molar-refractivity contribution is -0.150. The number of esters is 1. The van der Waals surface area contributed by atoms with Gasteiger partial charge in [0.2, 0.25) is 0 Å². The molecular formula is C21H23NO3. The maximum Gasteiger partial charge on any atom is 0.310 e. The van der Waals surface area contributed by atoms with Crippen LogP contribution in [-0.4, -0.2) is 17.9 Å². The number of ether oxygens (including phenoxy) is 1. The Morgan fingerprint density at radius 3 is 2.72 bits per heavy atom. The molecule has 4 nitrogen and oxygen atoms in total. The molecule has 4 heteroatoms. The number of terminal acetylenes is 1. The summed E-state index contributed by atoms with van der Waals surface area (Å²) in [7, 11) is 0. The largest absolute Gasteiger partial charge is 0.457 e. The number of rotatable bonds is 5. The zero-order valence-electron chi connectivity index (χ0n) is 15.1. The molecular weight excluding hydrogens is 314 g/mol. The minimum atomic E-state index is -0.518. The first-order chi connectivity index (χ1) is 11.8. The highest BCUT2D eigenvalue weighted by molar-refractivity contribution is 6.00. The van der Waals surface area contributed by atoms with Crippen LogP contribution in [0.25, 0.3) is 0 Å². The standard InChI is InChI=1S/C21H23NO3/c1-6-8-14(12-22)10-16-19(21(16,4)5)20(24)25-18-11-17(23)15(9-7-2)13(18)3/h2,6,8,10,16,18-19H,9,11H2,1,3-5H3/t16-,18+,19+/m1/s1. The quantitative estimate of drug-likeness (QED) is 0.333. The lowest BCUT2D eigenvalue weighted by Crippen LogP contribution is -2.20. The fourth-order valence-corrected chi connectivity index (χ4v) is 3.48. The van der Waals surface area contributed by atoms with Crippen molar-refractivity contribution in [2.75, 3.05) is 0 Å². The van der Waals surface area contributed by atoms with E-state index >= 15 is 0 Å².